The molecule has 1 aliphatic rings. The van der Waals surface area contributed by atoms with E-state index < -0.39 is 0 Å². The summed E-state index contributed by atoms with van der Waals surface area (Å²) in [4.78, 5) is 4.27. The molecule has 90 valence electrons. The van der Waals surface area contributed by atoms with Gasteiger partial charge in [-0.25, -0.2) is 4.98 Å². The molecule has 0 spiro atoms. The van der Waals surface area contributed by atoms with E-state index in [1.807, 2.05) is 36.5 Å². The highest BCUT2D eigenvalue weighted by Crippen LogP contribution is 2.23. The normalized spacial score (nSPS) is 19.9. The van der Waals surface area contributed by atoms with E-state index in [4.69, 9.17) is 0 Å². The molecule has 0 aromatic carbocycles. The molecule has 2 aromatic heterocycles. The molecule has 17 heavy (non-hydrogen) atoms. The van der Waals surface area contributed by atoms with Gasteiger partial charge in [-0.2, -0.15) is 5.10 Å². The number of nitrogens with zero attached hydrogens (tertiary/aromatic N) is 4. The Morgan fingerprint density at radius 2 is 2.47 bits per heavy atom. The fourth-order valence-corrected chi connectivity index (χ4v) is 2.42. The van der Waals surface area contributed by atoms with Crippen LogP contribution in [0.1, 0.15) is 30.3 Å². The number of hydrogen-bond donors (Lipinski definition) is 1. The minimum Gasteiger partial charge on any atom is -0.327 e. The van der Waals surface area contributed by atoms with Crippen LogP contribution in [0.15, 0.2) is 24.8 Å². The molecule has 1 N–H and O–H groups in total. The van der Waals surface area contributed by atoms with Gasteiger partial charge in [-0.1, -0.05) is 0 Å². The molecule has 5 nitrogen and oxygen atoms in total. The van der Waals surface area contributed by atoms with Gasteiger partial charge < -0.3 is 9.88 Å². The van der Waals surface area contributed by atoms with Crippen LogP contribution in [0.3, 0.4) is 0 Å². The molecule has 0 saturated carbocycles. The van der Waals surface area contributed by atoms with Gasteiger partial charge in [-0.05, 0) is 25.5 Å². The summed E-state index contributed by atoms with van der Waals surface area (Å²) < 4.78 is 4.12. The van der Waals surface area contributed by atoms with Crippen LogP contribution in [0.4, 0.5) is 0 Å². The van der Waals surface area contributed by atoms with Crippen molar-refractivity contribution in [3.63, 3.8) is 0 Å². The molecule has 1 aliphatic heterocycles. The molecular weight excluding hydrogens is 214 g/mol. The van der Waals surface area contributed by atoms with Gasteiger partial charge >= 0.3 is 0 Å². The number of hydrogen-bond acceptors (Lipinski definition) is 3. The maximum absolute atomic E-state index is 4.27. The Balaban J connectivity index is 1.84. The van der Waals surface area contributed by atoms with Gasteiger partial charge in [0, 0.05) is 25.5 Å². The third-order valence-electron chi connectivity index (χ3n) is 3.42. The van der Waals surface area contributed by atoms with Gasteiger partial charge in [0.25, 0.3) is 0 Å². The Morgan fingerprint density at radius 3 is 3.18 bits per heavy atom. The predicted molar refractivity (Wildman–Crippen MR) is 64.5 cm³/mol. The maximum Gasteiger partial charge on any atom is 0.0952 e. The zero-order valence-electron chi connectivity index (χ0n) is 10.0. The zero-order chi connectivity index (χ0) is 11.7. The largest absolute Gasteiger partial charge is 0.327 e. The van der Waals surface area contributed by atoms with E-state index in [2.05, 4.69) is 20.0 Å². The van der Waals surface area contributed by atoms with Crippen molar-refractivity contribution in [1.82, 2.24) is 24.6 Å². The van der Waals surface area contributed by atoms with Gasteiger partial charge in [0.15, 0.2) is 0 Å². The van der Waals surface area contributed by atoms with Crippen LogP contribution in [0.2, 0.25) is 0 Å². The fraction of sp³-hybridized carbons (Fsp3) is 0.500. The Hall–Kier alpha value is -1.62. The van der Waals surface area contributed by atoms with Gasteiger partial charge in [-0.3, -0.25) is 4.68 Å². The molecule has 1 atom stereocenters. The molecule has 5 heteroatoms. The Kier molecular flexibility index (Phi) is 2.68. The number of aryl methyl sites for hydroxylation is 1. The minimum atomic E-state index is 0.464. The topological polar surface area (TPSA) is 47.7 Å². The molecule has 1 saturated heterocycles. The van der Waals surface area contributed by atoms with E-state index in [0.717, 1.165) is 13.1 Å². The van der Waals surface area contributed by atoms with Crippen molar-refractivity contribution in [2.24, 2.45) is 7.05 Å². The van der Waals surface area contributed by atoms with Crippen LogP contribution in [0.25, 0.3) is 0 Å². The molecule has 0 amide bonds. The second kappa shape index (κ2) is 4.33. The highest BCUT2D eigenvalue weighted by Gasteiger charge is 2.19. The maximum atomic E-state index is 4.27. The van der Waals surface area contributed by atoms with Gasteiger partial charge in [0.2, 0.25) is 0 Å². The lowest BCUT2D eigenvalue weighted by Gasteiger charge is -2.13. The van der Waals surface area contributed by atoms with E-state index in [0.29, 0.717) is 6.04 Å². The summed E-state index contributed by atoms with van der Waals surface area (Å²) in [5.41, 5.74) is 2.48. The van der Waals surface area contributed by atoms with E-state index >= 15 is 0 Å². The summed E-state index contributed by atoms with van der Waals surface area (Å²) in [7, 11) is 1.97. The van der Waals surface area contributed by atoms with Crippen LogP contribution in [0.5, 0.6) is 0 Å². The lowest BCUT2D eigenvalue weighted by molar-refractivity contribution is 0.570. The van der Waals surface area contributed by atoms with Crippen molar-refractivity contribution in [2.75, 3.05) is 6.54 Å². The summed E-state index contributed by atoms with van der Waals surface area (Å²) in [5.74, 6) is 0. The standard InChI is InChI=1S/C12H17N5/c1-16-10(4-6-15-16)8-17-9-13-7-12(17)11-3-2-5-14-11/h4,6-7,9,11,14H,2-3,5,8H2,1H3/t11-/m0/s1. The minimum absolute atomic E-state index is 0.464. The van der Waals surface area contributed by atoms with Crippen LogP contribution >= 0.6 is 0 Å². The lowest BCUT2D eigenvalue weighted by atomic mass is 10.2. The second-order valence-corrected chi connectivity index (χ2v) is 4.54. The number of aromatic nitrogens is 4. The SMILES string of the molecule is Cn1nccc1Cn1cncc1[C@@H]1CCCN1. The molecule has 2 aromatic rings. The Morgan fingerprint density at radius 1 is 1.53 bits per heavy atom. The summed E-state index contributed by atoms with van der Waals surface area (Å²) in [6, 6.07) is 2.51. The summed E-state index contributed by atoms with van der Waals surface area (Å²) in [6.07, 6.45) is 8.17. The van der Waals surface area contributed by atoms with E-state index in [1.165, 1.54) is 24.2 Å². The van der Waals surface area contributed by atoms with Gasteiger partial charge in [0.1, 0.15) is 0 Å². The van der Waals surface area contributed by atoms with Crippen molar-refractivity contribution in [1.29, 1.82) is 0 Å². The van der Waals surface area contributed by atoms with E-state index in [1.54, 1.807) is 0 Å². The molecule has 0 bridgehead atoms. The Labute approximate surface area is 100 Å². The zero-order valence-corrected chi connectivity index (χ0v) is 10.0. The molecular formula is C12H17N5. The number of nitrogens with one attached hydrogen (secondary N) is 1. The smallest absolute Gasteiger partial charge is 0.0952 e. The first-order valence-electron chi connectivity index (χ1n) is 6.05. The fourth-order valence-electron chi connectivity index (χ4n) is 2.42. The van der Waals surface area contributed by atoms with Crippen LogP contribution in [-0.2, 0) is 13.6 Å². The van der Waals surface area contributed by atoms with Crippen molar-refractivity contribution < 1.29 is 0 Å². The lowest BCUT2D eigenvalue weighted by Crippen LogP contribution is -2.17. The van der Waals surface area contributed by atoms with Crippen LogP contribution in [0, 0.1) is 0 Å². The average Bonchev–Trinajstić information content (AvgIpc) is 3.02. The van der Waals surface area contributed by atoms with Crippen LogP contribution < -0.4 is 5.32 Å². The third kappa shape index (κ3) is 1.98. The summed E-state index contributed by atoms with van der Waals surface area (Å²) in [5, 5.41) is 7.70. The number of rotatable bonds is 3. The van der Waals surface area contributed by atoms with E-state index in [9.17, 15) is 0 Å². The third-order valence-corrected chi connectivity index (χ3v) is 3.42. The summed E-state index contributed by atoms with van der Waals surface area (Å²) >= 11 is 0. The highest BCUT2D eigenvalue weighted by molar-refractivity contribution is 5.10. The monoisotopic (exact) mass is 231 g/mol. The molecule has 0 unspecified atom stereocenters. The van der Waals surface area contributed by atoms with Gasteiger partial charge in [-0.15, -0.1) is 0 Å². The number of imidazole rings is 1. The van der Waals surface area contributed by atoms with Crippen molar-refractivity contribution in [3.05, 3.63) is 36.2 Å². The molecule has 1 fully saturated rings. The quantitative estimate of drug-likeness (QED) is 0.860. The highest BCUT2D eigenvalue weighted by atomic mass is 15.3. The van der Waals surface area contributed by atoms with Gasteiger partial charge in [0.05, 0.1) is 24.3 Å². The second-order valence-electron chi connectivity index (χ2n) is 4.54. The van der Waals surface area contributed by atoms with E-state index in [-0.39, 0.29) is 0 Å². The predicted octanol–water partition coefficient (Wildman–Crippen LogP) is 1.09. The van der Waals surface area contributed by atoms with Crippen molar-refractivity contribution in [3.8, 4) is 0 Å². The Bertz CT molecular complexity index is 492. The first-order chi connectivity index (χ1) is 8.34. The molecule has 3 heterocycles. The first-order valence-corrected chi connectivity index (χ1v) is 6.05. The molecule has 0 radical (unpaired) electrons. The molecule has 0 aliphatic carbocycles. The van der Waals surface area contributed by atoms with Crippen LogP contribution in [-0.4, -0.2) is 25.9 Å². The summed E-state index contributed by atoms with van der Waals surface area (Å²) in [6.45, 7) is 1.95. The average molecular weight is 231 g/mol. The van der Waals surface area contributed by atoms with Crippen molar-refractivity contribution in [2.45, 2.75) is 25.4 Å². The first kappa shape index (κ1) is 10.5. The molecule has 3 rings (SSSR count). The van der Waals surface area contributed by atoms with Crippen molar-refractivity contribution >= 4 is 0 Å².